The van der Waals surface area contributed by atoms with Crippen molar-refractivity contribution >= 4 is 11.9 Å². The quantitative estimate of drug-likeness (QED) is 0.723. The van der Waals surface area contributed by atoms with E-state index in [-0.39, 0.29) is 31.5 Å². The maximum absolute atomic E-state index is 12.2. The second-order valence-electron chi connectivity index (χ2n) is 6.60. The lowest BCUT2D eigenvalue weighted by molar-refractivity contribution is -0.139. The molecule has 1 amide bonds. The molecule has 0 aliphatic heterocycles. The molecule has 0 fully saturated rings. The first-order valence-electron chi connectivity index (χ1n) is 7.92. The number of carboxylic acids is 1. The Morgan fingerprint density at radius 2 is 2.00 bits per heavy atom. The van der Waals surface area contributed by atoms with E-state index in [9.17, 15) is 9.59 Å². The molecule has 0 aromatic heterocycles. The molecule has 2 N–H and O–H groups in total. The maximum atomic E-state index is 12.2. The molecule has 0 saturated heterocycles. The molecule has 0 saturated carbocycles. The van der Waals surface area contributed by atoms with Crippen molar-refractivity contribution in [3.05, 3.63) is 29.3 Å². The zero-order valence-corrected chi connectivity index (χ0v) is 15.0. The number of aliphatic carboxylic acids is 1. The number of amides is 1. The van der Waals surface area contributed by atoms with Crippen LogP contribution in [-0.4, -0.2) is 42.8 Å². The summed E-state index contributed by atoms with van der Waals surface area (Å²) in [4.78, 5) is 23.1. The van der Waals surface area contributed by atoms with Crippen molar-refractivity contribution in [2.75, 3.05) is 20.3 Å². The van der Waals surface area contributed by atoms with Gasteiger partial charge in [-0.15, -0.1) is 0 Å². The van der Waals surface area contributed by atoms with Gasteiger partial charge in [0.1, 0.15) is 5.75 Å². The number of hydrogen-bond acceptors (Lipinski definition) is 4. The summed E-state index contributed by atoms with van der Waals surface area (Å²) in [5, 5.41) is 11.7. The fourth-order valence-corrected chi connectivity index (χ4v) is 2.54. The van der Waals surface area contributed by atoms with Crippen LogP contribution < -0.4 is 10.1 Å². The Morgan fingerprint density at radius 3 is 2.54 bits per heavy atom. The molecule has 1 aromatic carbocycles. The number of hydrogen-bond donors (Lipinski definition) is 2. The average molecular weight is 337 g/mol. The summed E-state index contributed by atoms with van der Waals surface area (Å²) in [7, 11) is 1.46. The lowest BCUT2D eigenvalue weighted by Crippen LogP contribution is -2.52. The van der Waals surface area contributed by atoms with E-state index in [1.807, 2.05) is 25.1 Å². The lowest BCUT2D eigenvalue weighted by Gasteiger charge is -2.28. The van der Waals surface area contributed by atoms with E-state index in [0.717, 1.165) is 11.1 Å². The van der Waals surface area contributed by atoms with Gasteiger partial charge in [-0.25, -0.2) is 0 Å². The second kappa shape index (κ2) is 8.68. The van der Waals surface area contributed by atoms with Crippen LogP contribution in [0.1, 0.15) is 44.2 Å². The average Bonchev–Trinajstić information content (AvgIpc) is 2.43. The van der Waals surface area contributed by atoms with E-state index >= 15 is 0 Å². The normalized spacial score (nSPS) is 13.4. The van der Waals surface area contributed by atoms with Crippen molar-refractivity contribution in [2.45, 2.75) is 45.6 Å². The zero-order valence-electron chi connectivity index (χ0n) is 15.0. The molecule has 0 radical (unpaired) electrons. The molecule has 1 rings (SSSR count). The van der Waals surface area contributed by atoms with Gasteiger partial charge < -0.3 is 19.9 Å². The van der Waals surface area contributed by atoms with Gasteiger partial charge in [0.25, 0.3) is 5.91 Å². The number of benzene rings is 1. The monoisotopic (exact) mass is 337 g/mol. The van der Waals surface area contributed by atoms with Gasteiger partial charge in [-0.1, -0.05) is 26.0 Å². The van der Waals surface area contributed by atoms with Crippen molar-refractivity contribution in [3.63, 3.8) is 0 Å². The molecule has 0 aliphatic carbocycles. The molecule has 0 spiro atoms. The first kappa shape index (κ1) is 20.0. The van der Waals surface area contributed by atoms with Crippen molar-refractivity contribution in [3.8, 4) is 5.75 Å². The number of ether oxygens (including phenoxy) is 2. The minimum atomic E-state index is -1.00. The van der Waals surface area contributed by atoms with Gasteiger partial charge in [0.15, 0.2) is 6.61 Å². The van der Waals surface area contributed by atoms with Gasteiger partial charge in [-0.2, -0.15) is 0 Å². The van der Waals surface area contributed by atoms with E-state index in [1.54, 1.807) is 6.92 Å². The van der Waals surface area contributed by atoms with Crippen LogP contribution in [0.25, 0.3) is 0 Å². The lowest BCUT2D eigenvalue weighted by atomic mass is 9.99. The minimum Gasteiger partial charge on any atom is -0.483 e. The number of nitrogens with one attached hydrogen (secondary N) is 1. The van der Waals surface area contributed by atoms with E-state index in [2.05, 4.69) is 19.2 Å². The third-order valence-corrected chi connectivity index (χ3v) is 3.60. The molecule has 6 nitrogen and oxygen atoms in total. The zero-order chi connectivity index (χ0) is 18.3. The number of carboxylic acid groups (broad SMARTS) is 1. The molecule has 1 atom stereocenters. The number of carbonyl (C=O) groups excluding carboxylic acids is 1. The van der Waals surface area contributed by atoms with Gasteiger partial charge >= 0.3 is 5.97 Å². The summed E-state index contributed by atoms with van der Waals surface area (Å²) in [6, 6.07) is 5.89. The van der Waals surface area contributed by atoms with Crippen LogP contribution in [0.15, 0.2) is 18.2 Å². The highest BCUT2D eigenvalue weighted by atomic mass is 16.5. The largest absolute Gasteiger partial charge is 0.483 e. The molecular formula is C18H27NO5. The van der Waals surface area contributed by atoms with E-state index in [0.29, 0.717) is 5.75 Å². The summed E-state index contributed by atoms with van der Waals surface area (Å²) < 4.78 is 10.7. The number of rotatable bonds is 9. The third kappa shape index (κ3) is 6.20. The smallest absolute Gasteiger partial charge is 0.305 e. The van der Waals surface area contributed by atoms with Gasteiger partial charge in [0.2, 0.25) is 0 Å². The Morgan fingerprint density at radius 1 is 1.33 bits per heavy atom. The van der Waals surface area contributed by atoms with Crippen LogP contribution in [-0.2, 0) is 14.3 Å². The summed E-state index contributed by atoms with van der Waals surface area (Å²) in [5.74, 6) is -0.440. The first-order chi connectivity index (χ1) is 11.2. The third-order valence-electron chi connectivity index (χ3n) is 3.60. The molecule has 0 heterocycles. The van der Waals surface area contributed by atoms with Crippen molar-refractivity contribution in [1.82, 2.24) is 5.32 Å². The predicted octanol–water partition coefficient (Wildman–Crippen LogP) is 2.49. The van der Waals surface area contributed by atoms with Crippen molar-refractivity contribution < 1.29 is 24.2 Å². The summed E-state index contributed by atoms with van der Waals surface area (Å²) >= 11 is 0. The molecule has 1 unspecified atom stereocenters. The van der Waals surface area contributed by atoms with Crippen LogP contribution in [0.3, 0.4) is 0 Å². The molecular weight excluding hydrogens is 310 g/mol. The fourth-order valence-electron chi connectivity index (χ4n) is 2.54. The topological polar surface area (TPSA) is 84.9 Å². The highest BCUT2D eigenvalue weighted by Crippen LogP contribution is 2.27. The maximum Gasteiger partial charge on any atom is 0.305 e. The van der Waals surface area contributed by atoms with Gasteiger partial charge in [-0.05, 0) is 37.0 Å². The summed E-state index contributed by atoms with van der Waals surface area (Å²) in [6.07, 6.45) is -0.228. The van der Waals surface area contributed by atoms with Gasteiger partial charge in [-0.3, -0.25) is 9.59 Å². The Bertz CT molecular complexity index is 585. The summed E-state index contributed by atoms with van der Waals surface area (Å²) in [5.41, 5.74) is 1.10. The van der Waals surface area contributed by atoms with Gasteiger partial charge in [0, 0.05) is 7.11 Å². The minimum absolute atomic E-state index is 0.104. The van der Waals surface area contributed by atoms with E-state index in [1.165, 1.54) is 7.11 Å². The molecule has 134 valence electrons. The Labute approximate surface area is 143 Å². The highest BCUT2D eigenvalue weighted by Gasteiger charge is 2.29. The highest BCUT2D eigenvalue weighted by molar-refractivity contribution is 5.79. The van der Waals surface area contributed by atoms with Gasteiger partial charge in [0.05, 0.1) is 18.6 Å². The Balaban J connectivity index is 2.75. The molecule has 1 aromatic rings. The Kier molecular flexibility index (Phi) is 7.22. The predicted molar refractivity (Wildman–Crippen MR) is 91.4 cm³/mol. The SMILES string of the molecule is COCC(C)(CC(=O)O)NC(=O)COc1cc(C)ccc1C(C)C. The van der Waals surface area contributed by atoms with Crippen LogP contribution in [0.5, 0.6) is 5.75 Å². The van der Waals surface area contributed by atoms with Crippen LogP contribution in [0, 0.1) is 6.92 Å². The van der Waals surface area contributed by atoms with Crippen molar-refractivity contribution in [1.29, 1.82) is 0 Å². The second-order valence-corrected chi connectivity index (χ2v) is 6.60. The van der Waals surface area contributed by atoms with Crippen LogP contribution >= 0.6 is 0 Å². The number of aryl methyl sites for hydroxylation is 1. The number of methoxy groups -OCH3 is 1. The van der Waals surface area contributed by atoms with Crippen LogP contribution in [0.2, 0.25) is 0 Å². The molecule has 0 aliphatic rings. The first-order valence-corrected chi connectivity index (χ1v) is 7.92. The fraction of sp³-hybridized carbons (Fsp3) is 0.556. The Hall–Kier alpha value is -2.08. The van der Waals surface area contributed by atoms with E-state index in [4.69, 9.17) is 14.6 Å². The standard InChI is InChI=1S/C18H27NO5/c1-12(2)14-7-6-13(3)8-15(14)24-10-16(20)19-18(4,11-23-5)9-17(21)22/h6-8,12H,9-11H2,1-5H3,(H,19,20)(H,21,22). The van der Waals surface area contributed by atoms with Crippen LogP contribution in [0.4, 0.5) is 0 Å². The molecule has 6 heteroatoms. The number of carbonyl (C=O) groups is 2. The summed E-state index contributed by atoms with van der Waals surface area (Å²) in [6.45, 7) is 7.63. The molecule has 24 heavy (non-hydrogen) atoms. The molecule has 0 bridgehead atoms. The van der Waals surface area contributed by atoms with E-state index < -0.39 is 11.5 Å². The van der Waals surface area contributed by atoms with Crippen molar-refractivity contribution in [2.24, 2.45) is 0 Å².